The molecule has 0 atom stereocenters. The first-order chi connectivity index (χ1) is 31.8. The van der Waals surface area contributed by atoms with Crippen molar-refractivity contribution in [2.45, 2.75) is 0 Å². The first-order valence-corrected chi connectivity index (χ1v) is 21.9. The van der Waals surface area contributed by atoms with Crippen LogP contribution in [0.3, 0.4) is 0 Å². The number of fused-ring (bicyclic) bond motifs is 15. The van der Waals surface area contributed by atoms with E-state index in [1.807, 2.05) is 6.07 Å². The van der Waals surface area contributed by atoms with E-state index in [2.05, 4.69) is 232 Å². The van der Waals surface area contributed by atoms with Crippen molar-refractivity contribution in [2.24, 2.45) is 0 Å². The Hall–Kier alpha value is -8.60. The van der Waals surface area contributed by atoms with E-state index in [4.69, 9.17) is 4.42 Å². The molecule has 3 heterocycles. The molecule has 14 rings (SSSR count). The first kappa shape index (κ1) is 35.0. The van der Waals surface area contributed by atoms with Crippen LogP contribution in [0.4, 0.5) is 17.1 Å². The second-order valence-electron chi connectivity index (χ2n) is 16.8. The molecule has 0 bridgehead atoms. The maximum atomic E-state index is 6.42. The molecular weight excluding hydrogens is 779 g/mol. The molecule has 0 saturated carbocycles. The van der Waals surface area contributed by atoms with Gasteiger partial charge in [0.15, 0.2) is 0 Å². The minimum absolute atomic E-state index is 0.870. The number of nitrogens with zero attached hydrogens (tertiary/aromatic N) is 3. The summed E-state index contributed by atoms with van der Waals surface area (Å²) in [7, 11) is 0. The molecule has 0 unspecified atom stereocenters. The summed E-state index contributed by atoms with van der Waals surface area (Å²) in [5.41, 5.74) is 11.8. The van der Waals surface area contributed by atoms with Gasteiger partial charge in [-0.3, -0.25) is 0 Å². The van der Waals surface area contributed by atoms with Crippen LogP contribution in [0, 0.1) is 0 Å². The molecule has 4 nitrogen and oxygen atoms in total. The number of anilines is 3. The third-order valence-corrected chi connectivity index (χ3v) is 13.4. The molecule has 0 radical (unpaired) electrons. The van der Waals surface area contributed by atoms with Gasteiger partial charge in [-0.2, -0.15) is 0 Å². The van der Waals surface area contributed by atoms with Gasteiger partial charge in [-0.1, -0.05) is 146 Å². The van der Waals surface area contributed by atoms with Crippen molar-refractivity contribution >= 4 is 115 Å². The fraction of sp³-hybridized carbons (Fsp3) is 0. The fourth-order valence-corrected chi connectivity index (χ4v) is 10.8. The average molecular weight is 816 g/mol. The Balaban J connectivity index is 1.12. The van der Waals surface area contributed by atoms with Gasteiger partial charge in [-0.15, -0.1) is 0 Å². The van der Waals surface area contributed by atoms with Gasteiger partial charge in [-0.25, -0.2) is 0 Å². The fourth-order valence-electron chi connectivity index (χ4n) is 10.8. The summed E-state index contributed by atoms with van der Waals surface area (Å²) in [5.74, 6) is 0. The zero-order valence-corrected chi connectivity index (χ0v) is 34.6. The lowest BCUT2D eigenvalue weighted by atomic mass is 9.94. The van der Waals surface area contributed by atoms with Crippen LogP contribution < -0.4 is 4.90 Å². The van der Waals surface area contributed by atoms with E-state index in [0.29, 0.717) is 0 Å². The molecule has 0 aliphatic carbocycles. The standard InChI is InChI=1S/C60H37N3O/c1-2-16-38(17-3-1)62-53-27-12-9-24-49(53)59-54(62)28-15-29-55(59)63-52-26-11-8-22-46(52)48-25-14-30-56(60(48)63)61(40-33-35-58-51(37-40)47-23-10-13-31-57(47)64-58)39-32-34-45-43-20-5-4-18-41(43)42-19-6-7-21-44(42)50(45)36-39/h1-37H. The Bertz CT molecular complexity index is 4170. The number of rotatable bonds is 5. The smallest absolute Gasteiger partial charge is 0.135 e. The van der Waals surface area contributed by atoms with E-state index in [-0.39, 0.29) is 0 Å². The van der Waals surface area contributed by atoms with Gasteiger partial charge in [-0.05, 0) is 111 Å². The van der Waals surface area contributed by atoms with E-state index in [1.54, 1.807) is 0 Å². The topological polar surface area (TPSA) is 26.2 Å². The van der Waals surface area contributed by atoms with Gasteiger partial charge < -0.3 is 18.5 Å². The predicted octanol–water partition coefficient (Wildman–Crippen LogP) is 16.7. The van der Waals surface area contributed by atoms with Crippen LogP contribution in [0.25, 0.3) is 109 Å². The molecular formula is C60H37N3O. The number of furan rings is 1. The Morgan fingerprint density at radius 2 is 0.828 bits per heavy atom. The number of para-hydroxylation sites is 5. The lowest BCUT2D eigenvalue weighted by Gasteiger charge is -2.28. The molecule has 0 N–H and O–H groups in total. The van der Waals surface area contributed by atoms with Gasteiger partial charge in [0, 0.05) is 49.4 Å². The highest BCUT2D eigenvalue weighted by atomic mass is 16.3. The summed E-state index contributed by atoms with van der Waals surface area (Å²) in [6.45, 7) is 0. The summed E-state index contributed by atoms with van der Waals surface area (Å²) in [6, 6.07) is 81.7. The normalized spacial score (nSPS) is 12.1. The van der Waals surface area contributed by atoms with E-state index < -0.39 is 0 Å². The summed E-state index contributed by atoms with van der Waals surface area (Å²) in [4.78, 5) is 2.47. The first-order valence-electron chi connectivity index (χ1n) is 21.9. The molecule has 0 aliphatic rings. The predicted molar refractivity (Wildman–Crippen MR) is 270 cm³/mol. The monoisotopic (exact) mass is 815 g/mol. The Labute approximate surface area is 367 Å². The van der Waals surface area contributed by atoms with Crippen LogP contribution in [0.1, 0.15) is 0 Å². The van der Waals surface area contributed by atoms with Crippen molar-refractivity contribution in [3.05, 3.63) is 224 Å². The zero-order valence-electron chi connectivity index (χ0n) is 34.6. The van der Waals surface area contributed by atoms with Crippen molar-refractivity contribution in [3.8, 4) is 11.4 Å². The third-order valence-electron chi connectivity index (χ3n) is 13.4. The highest BCUT2D eigenvalue weighted by Crippen LogP contribution is 2.48. The Morgan fingerprint density at radius 3 is 1.58 bits per heavy atom. The van der Waals surface area contributed by atoms with Gasteiger partial charge in [0.05, 0.1) is 33.4 Å². The molecule has 0 aliphatic heterocycles. The molecule has 0 saturated heterocycles. The summed E-state index contributed by atoms with van der Waals surface area (Å²) < 4.78 is 11.3. The zero-order chi connectivity index (χ0) is 41.9. The highest BCUT2D eigenvalue weighted by molar-refractivity contribution is 6.26. The Kier molecular flexibility index (Phi) is 7.36. The minimum Gasteiger partial charge on any atom is -0.456 e. The number of hydrogen-bond donors (Lipinski definition) is 0. The Morgan fingerprint density at radius 1 is 0.312 bits per heavy atom. The van der Waals surface area contributed by atoms with Crippen LogP contribution in [0.5, 0.6) is 0 Å². The second kappa shape index (κ2) is 13.4. The van der Waals surface area contributed by atoms with E-state index in [1.165, 1.54) is 59.4 Å². The van der Waals surface area contributed by atoms with Crippen LogP contribution in [0.2, 0.25) is 0 Å². The van der Waals surface area contributed by atoms with Gasteiger partial charge in [0.2, 0.25) is 0 Å². The van der Waals surface area contributed by atoms with E-state index in [9.17, 15) is 0 Å². The quantitative estimate of drug-likeness (QED) is 0.162. The lowest BCUT2D eigenvalue weighted by molar-refractivity contribution is 0.669. The number of benzene rings is 11. The molecule has 11 aromatic carbocycles. The van der Waals surface area contributed by atoms with Crippen molar-refractivity contribution in [3.63, 3.8) is 0 Å². The minimum atomic E-state index is 0.870. The molecule has 64 heavy (non-hydrogen) atoms. The van der Waals surface area contributed by atoms with Gasteiger partial charge in [0.1, 0.15) is 11.2 Å². The van der Waals surface area contributed by atoms with Crippen molar-refractivity contribution in [1.29, 1.82) is 0 Å². The van der Waals surface area contributed by atoms with Crippen LogP contribution >= 0.6 is 0 Å². The number of hydrogen-bond acceptors (Lipinski definition) is 2. The molecule has 0 fully saturated rings. The highest BCUT2D eigenvalue weighted by Gasteiger charge is 2.25. The SMILES string of the molecule is c1ccc(-n2c3ccccc3c3c(-n4c5ccccc5c5cccc(N(c6ccc7oc8ccccc8c7c6)c6ccc7c8ccccc8c8ccccc8c7c6)c54)cccc32)cc1. The summed E-state index contributed by atoms with van der Waals surface area (Å²) in [5, 5.41) is 14.5. The van der Waals surface area contributed by atoms with E-state index in [0.717, 1.165) is 66.9 Å². The molecule has 0 spiro atoms. The maximum Gasteiger partial charge on any atom is 0.135 e. The molecule has 14 aromatic rings. The molecule has 298 valence electrons. The molecule has 3 aromatic heterocycles. The van der Waals surface area contributed by atoms with Crippen LogP contribution in [-0.4, -0.2) is 9.13 Å². The summed E-state index contributed by atoms with van der Waals surface area (Å²) in [6.07, 6.45) is 0. The maximum absolute atomic E-state index is 6.42. The lowest BCUT2D eigenvalue weighted by Crippen LogP contribution is -2.12. The second-order valence-corrected chi connectivity index (χ2v) is 16.8. The molecule has 4 heteroatoms. The van der Waals surface area contributed by atoms with Crippen molar-refractivity contribution in [2.75, 3.05) is 4.90 Å². The van der Waals surface area contributed by atoms with Crippen LogP contribution in [-0.2, 0) is 0 Å². The van der Waals surface area contributed by atoms with Crippen molar-refractivity contribution in [1.82, 2.24) is 9.13 Å². The molecule has 0 amide bonds. The van der Waals surface area contributed by atoms with Gasteiger partial charge in [0.25, 0.3) is 0 Å². The largest absolute Gasteiger partial charge is 0.456 e. The van der Waals surface area contributed by atoms with Gasteiger partial charge >= 0.3 is 0 Å². The summed E-state index contributed by atoms with van der Waals surface area (Å²) >= 11 is 0. The third kappa shape index (κ3) is 4.93. The average Bonchev–Trinajstić information content (AvgIpc) is 4.03. The van der Waals surface area contributed by atoms with Crippen molar-refractivity contribution < 1.29 is 4.42 Å². The number of aromatic nitrogens is 2. The van der Waals surface area contributed by atoms with Crippen LogP contribution in [0.15, 0.2) is 229 Å². The van der Waals surface area contributed by atoms with E-state index >= 15 is 0 Å².